The van der Waals surface area contributed by atoms with Gasteiger partial charge in [-0.1, -0.05) is 32.8 Å². The zero-order valence-corrected chi connectivity index (χ0v) is 12.6. The van der Waals surface area contributed by atoms with Crippen molar-refractivity contribution in [2.45, 2.75) is 32.7 Å². The van der Waals surface area contributed by atoms with Crippen LogP contribution < -0.4 is 11.1 Å². The van der Waals surface area contributed by atoms with E-state index in [4.69, 9.17) is 5.73 Å². The maximum atomic E-state index is 13.2. The van der Waals surface area contributed by atoms with Gasteiger partial charge in [0.25, 0.3) is 0 Å². The van der Waals surface area contributed by atoms with Crippen molar-refractivity contribution in [1.29, 1.82) is 0 Å². The molecule has 0 saturated carbocycles. The predicted octanol–water partition coefficient (Wildman–Crippen LogP) is 3.61. The molecule has 1 aromatic carbocycles. The normalized spacial score (nSPS) is 13.0. The second-order valence-electron chi connectivity index (χ2n) is 4.55. The van der Waals surface area contributed by atoms with E-state index in [2.05, 4.69) is 35.1 Å². The minimum absolute atomic E-state index is 0.0856. The zero-order chi connectivity index (χ0) is 13.5. The number of nitrogens with two attached hydrogens (primary N) is 1. The van der Waals surface area contributed by atoms with E-state index in [0.29, 0.717) is 16.9 Å². The number of rotatable bonds is 7. The van der Waals surface area contributed by atoms with Gasteiger partial charge in [0.15, 0.2) is 0 Å². The molecule has 0 spiro atoms. The van der Waals surface area contributed by atoms with E-state index in [1.54, 1.807) is 12.1 Å². The van der Waals surface area contributed by atoms with Crippen molar-refractivity contribution >= 4 is 15.9 Å². The Balaban J connectivity index is 2.67. The lowest BCUT2D eigenvalue weighted by Crippen LogP contribution is -2.32. The standard InChI is InChI=1S/C14H22BrFN2/c1-3-10(4-2)9-18-14(8-17)11-5-6-13(16)12(15)7-11/h5-7,10,14,18H,3-4,8-9,17H2,1-2H3. The number of benzene rings is 1. The number of hydrogen-bond acceptors (Lipinski definition) is 2. The van der Waals surface area contributed by atoms with E-state index >= 15 is 0 Å². The Kier molecular flexibility index (Phi) is 6.82. The Labute approximate surface area is 117 Å². The molecule has 0 amide bonds. The molecule has 1 atom stereocenters. The Bertz CT molecular complexity index is 367. The van der Waals surface area contributed by atoms with Crippen LogP contribution in [0.2, 0.25) is 0 Å². The molecule has 1 unspecified atom stereocenters. The molecule has 0 aliphatic carbocycles. The zero-order valence-electron chi connectivity index (χ0n) is 11.0. The molecule has 1 rings (SSSR count). The molecule has 2 nitrogen and oxygen atoms in total. The summed E-state index contributed by atoms with van der Waals surface area (Å²) in [6.07, 6.45) is 2.32. The quantitative estimate of drug-likeness (QED) is 0.806. The van der Waals surface area contributed by atoms with Gasteiger partial charge in [-0.3, -0.25) is 0 Å². The first kappa shape index (κ1) is 15.6. The summed E-state index contributed by atoms with van der Waals surface area (Å²) in [7, 11) is 0. The SMILES string of the molecule is CCC(CC)CNC(CN)c1ccc(F)c(Br)c1. The summed E-state index contributed by atoms with van der Waals surface area (Å²) >= 11 is 3.21. The predicted molar refractivity (Wildman–Crippen MR) is 78.0 cm³/mol. The van der Waals surface area contributed by atoms with Crippen LogP contribution in [0.3, 0.4) is 0 Å². The van der Waals surface area contributed by atoms with E-state index < -0.39 is 0 Å². The van der Waals surface area contributed by atoms with Gasteiger partial charge in [0.05, 0.1) is 4.47 Å². The molecule has 0 fully saturated rings. The number of hydrogen-bond donors (Lipinski definition) is 2. The smallest absolute Gasteiger partial charge is 0.137 e. The summed E-state index contributed by atoms with van der Waals surface area (Å²) in [4.78, 5) is 0. The highest BCUT2D eigenvalue weighted by Gasteiger charge is 2.12. The fraction of sp³-hybridized carbons (Fsp3) is 0.571. The Morgan fingerprint density at radius 2 is 2.00 bits per heavy atom. The monoisotopic (exact) mass is 316 g/mol. The second kappa shape index (κ2) is 7.87. The van der Waals surface area contributed by atoms with Gasteiger partial charge in [-0.2, -0.15) is 0 Å². The minimum Gasteiger partial charge on any atom is -0.329 e. The minimum atomic E-state index is -0.241. The fourth-order valence-corrected chi connectivity index (χ4v) is 2.35. The van der Waals surface area contributed by atoms with Crippen molar-refractivity contribution in [1.82, 2.24) is 5.32 Å². The van der Waals surface area contributed by atoms with Crippen LogP contribution in [0.1, 0.15) is 38.3 Å². The lowest BCUT2D eigenvalue weighted by Gasteiger charge is -2.21. The molecule has 0 aliphatic rings. The van der Waals surface area contributed by atoms with E-state index in [9.17, 15) is 4.39 Å². The molecule has 102 valence electrons. The van der Waals surface area contributed by atoms with Crippen molar-refractivity contribution in [3.8, 4) is 0 Å². The van der Waals surface area contributed by atoms with Gasteiger partial charge < -0.3 is 11.1 Å². The van der Waals surface area contributed by atoms with Crippen molar-refractivity contribution in [2.75, 3.05) is 13.1 Å². The van der Waals surface area contributed by atoms with Gasteiger partial charge >= 0.3 is 0 Å². The fourth-order valence-electron chi connectivity index (χ4n) is 1.95. The summed E-state index contributed by atoms with van der Waals surface area (Å²) in [5, 5.41) is 3.47. The first-order chi connectivity index (χ1) is 8.62. The summed E-state index contributed by atoms with van der Waals surface area (Å²) in [6.45, 7) is 5.85. The molecule has 0 radical (unpaired) electrons. The molecular formula is C14H22BrFN2. The molecule has 4 heteroatoms. The Hall–Kier alpha value is -0.450. The van der Waals surface area contributed by atoms with Crippen LogP contribution in [0.5, 0.6) is 0 Å². The highest BCUT2D eigenvalue weighted by atomic mass is 79.9. The molecule has 0 aliphatic heterocycles. The van der Waals surface area contributed by atoms with Crippen molar-refractivity contribution in [2.24, 2.45) is 11.7 Å². The third-order valence-electron chi connectivity index (χ3n) is 3.39. The van der Waals surface area contributed by atoms with Crippen molar-refractivity contribution in [3.05, 3.63) is 34.1 Å². The number of nitrogens with one attached hydrogen (secondary N) is 1. The molecule has 0 bridgehead atoms. The van der Waals surface area contributed by atoms with E-state index in [0.717, 1.165) is 24.9 Å². The van der Waals surface area contributed by atoms with E-state index in [1.165, 1.54) is 6.07 Å². The molecule has 0 aromatic heterocycles. The van der Waals surface area contributed by atoms with Gasteiger partial charge in [-0.25, -0.2) is 4.39 Å². The Morgan fingerprint density at radius 3 is 2.50 bits per heavy atom. The maximum Gasteiger partial charge on any atom is 0.137 e. The molecule has 0 heterocycles. The van der Waals surface area contributed by atoms with Crippen LogP contribution in [0.4, 0.5) is 4.39 Å². The molecule has 0 saturated heterocycles. The van der Waals surface area contributed by atoms with Crippen LogP contribution in [-0.2, 0) is 0 Å². The summed E-state index contributed by atoms with van der Waals surface area (Å²) < 4.78 is 13.7. The van der Waals surface area contributed by atoms with Crippen LogP contribution in [0.25, 0.3) is 0 Å². The van der Waals surface area contributed by atoms with Crippen LogP contribution in [0, 0.1) is 11.7 Å². The van der Waals surface area contributed by atoms with Gasteiger partial charge in [-0.15, -0.1) is 0 Å². The van der Waals surface area contributed by atoms with Crippen LogP contribution in [0.15, 0.2) is 22.7 Å². The Morgan fingerprint density at radius 1 is 1.33 bits per heavy atom. The third-order valence-corrected chi connectivity index (χ3v) is 4.00. The second-order valence-corrected chi connectivity index (χ2v) is 5.41. The van der Waals surface area contributed by atoms with Gasteiger partial charge in [0.2, 0.25) is 0 Å². The number of halogens is 2. The van der Waals surface area contributed by atoms with Gasteiger partial charge in [-0.05, 0) is 46.1 Å². The average molecular weight is 317 g/mol. The summed E-state index contributed by atoms with van der Waals surface area (Å²) in [6, 6.07) is 5.15. The maximum absolute atomic E-state index is 13.2. The van der Waals surface area contributed by atoms with E-state index in [1.807, 2.05) is 0 Å². The first-order valence-corrected chi connectivity index (χ1v) is 7.30. The molecule has 18 heavy (non-hydrogen) atoms. The van der Waals surface area contributed by atoms with Gasteiger partial charge in [0, 0.05) is 12.6 Å². The molecule has 3 N–H and O–H groups in total. The third kappa shape index (κ3) is 4.34. The van der Waals surface area contributed by atoms with Crippen molar-refractivity contribution < 1.29 is 4.39 Å². The topological polar surface area (TPSA) is 38.0 Å². The van der Waals surface area contributed by atoms with Crippen LogP contribution in [-0.4, -0.2) is 13.1 Å². The summed E-state index contributed by atoms with van der Waals surface area (Å²) in [5.74, 6) is 0.428. The van der Waals surface area contributed by atoms with Gasteiger partial charge in [0.1, 0.15) is 5.82 Å². The molecular weight excluding hydrogens is 295 g/mol. The largest absolute Gasteiger partial charge is 0.329 e. The molecule has 1 aromatic rings. The van der Waals surface area contributed by atoms with E-state index in [-0.39, 0.29) is 11.9 Å². The lowest BCUT2D eigenvalue weighted by atomic mass is 10.0. The highest BCUT2D eigenvalue weighted by Crippen LogP contribution is 2.21. The highest BCUT2D eigenvalue weighted by molar-refractivity contribution is 9.10. The van der Waals surface area contributed by atoms with Crippen molar-refractivity contribution in [3.63, 3.8) is 0 Å². The summed E-state index contributed by atoms with van der Waals surface area (Å²) in [5.41, 5.74) is 6.82. The van der Waals surface area contributed by atoms with Crippen LogP contribution >= 0.6 is 15.9 Å². The lowest BCUT2D eigenvalue weighted by molar-refractivity contribution is 0.414. The average Bonchev–Trinajstić information content (AvgIpc) is 2.38. The first-order valence-electron chi connectivity index (χ1n) is 6.50.